The summed E-state index contributed by atoms with van der Waals surface area (Å²) in [5.41, 5.74) is 0.216. The first-order valence-corrected chi connectivity index (χ1v) is 10.8. The van der Waals surface area contributed by atoms with E-state index in [9.17, 15) is 14.4 Å². The topological polar surface area (TPSA) is 95.2 Å². The lowest BCUT2D eigenvalue weighted by molar-refractivity contribution is 0.0930. The summed E-state index contributed by atoms with van der Waals surface area (Å²) in [6.45, 7) is 1.77. The van der Waals surface area contributed by atoms with Gasteiger partial charge in [-0.05, 0) is 42.3 Å². The molecule has 0 radical (unpaired) electrons. The van der Waals surface area contributed by atoms with Gasteiger partial charge in [0.25, 0.3) is 11.5 Å². The van der Waals surface area contributed by atoms with E-state index in [-0.39, 0.29) is 18.3 Å². The normalized spacial score (nSPS) is 11.6. The molecular formula is C26H24N4O4. The van der Waals surface area contributed by atoms with E-state index in [1.807, 2.05) is 37.3 Å². The van der Waals surface area contributed by atoms with Crippen molar-refractivity contribution in [3.63, 3.8) is 0 Å². The third kappa shape index (κ3) is 4.80. The lowest BCUT2D eigenvalue weighted by Gasteiger charge is -2.16. The summed E-state index contributed by atoms with van der Waals surface area (Å²) in [4.78, 5) is 39.7. The lowest BCUT2D eigenvalue weighted by atomic mass is 10.1. The van der Waals surface area contributed by atoms with Gasteiger partial charge in [0.05, 0.1) is 25.4 Å². The monoisotopic (exact) mass is 456 g/mol. The summed E-state index contributed by atoms with van der Waals surface area (Å²) in [6.07, 6.45) is 0. The molecule has 1 aromatic heterocycles. The molecule has 1 amide bonds. The molecule has 1 N–H and O–H groups in total. The summed E-state index contributed by atoms with van der Waals surface area (Å²) < 4.78 is 7.33. The first kappa shape index (κ1) is 22.7. The smallest absolute Gasteiger partial charge is 0.352 e. The fourth-order valence-electron chi connectivity index (χ4n) is 3.58. The van der Waals surface area contributed by atoms with Crippen LogP contribution in [0.15, 0.2) is 94.5 Å². The van der Waals surface area contributed by atoms with Gasteiger partial charge < -0.3 is 10.1 Å². The molecule has 1 heterocycles. The molecule has 0 aliphatic rings. The fraction of sp³-hybridized carbons (Fsp3) is 0.154. The highest BCUT2D eigenvalue weighted by atomic mass is 16.5. The first-order valence-electron chi connectivity index (χ1n) is 10.8. The van der Waals surface area contributed by atoms with Crippen molar-refractivity contribution in [2.24, 2.45) is 0 Å². The zero-order valence-corrected chi connectivity index (χ0v) is 18.8. The Hall–Kier alpha value is -4.46. The molecule has 8 nitrogen and oxygen atoms in total. The summed E-state index contributed by atoms with van der Waals surface area (Å²) in [5, 5.41) is 6.97. The van der Waals surface area contributed by atoms with E-state index in [1.54, 1.807) is 54.6 Å². The largest absolute Gasteiger partial charge is 0.497 e. The van der Waals surface area contributed by atoms with Gasteiger partial charge in [-0.2, -0.15) is 9.78 Å². The van der Waals surface area contributed by atoms with Crippen LogP contribution in [0.25, 0.3) is 5.69 Å². The van der Waals surface area contributed by atoms with Crippen molar-refractivity contribution in [1.82, 2.24) is 19.7 Å². The highest BCUT2D eigenvalue weighted by molar-refractivity contribution is 5.92. The molecule has 1 atom stereocenters. The minimum Gasteiger partial charge on any atom is -0.497 e. The Kier molecular flexibility index (Phi) is 6.68. The van der Waals surface area contributed by atoms with Crippen molar-refractivity contribution in [2.75, 3.05) is 7.11 Å². The van der Waals surface area contributed by atoms with Gasteiger partial charge in [0.15, 0.2) is 0 Å². The predicted octanol–water partition coefficient (Wildman–Crippen LogP) is 2.94. The molecular weight excluding hydrogens is 432 g/mol. The number of aromatic nitrogens is 3. The van der Waals surface area contributed by atoms with Crippen LogP contribution in [0.3, 0.4) is 0 Å². The SMILES string of the molecule is COc1cccc(Cn2c(=O)c(C(=O)NC(C)c3ccccc3)nn(-c3ccccc3)c2=O)c1. The van der Waals surface area contributed by atoms with Crippen molar-refractivity contribution in [3.8, 4) is 11.4 Å². The van der Waals surface area contributed by atoms with Gasteiger partial charge in [-0.25, -0.2) is 4.79 Å². The average molecular weight is 457 g/mol. The number of hydrogen-bond donors (Lipinski definition) is 1. The van der Waals surface area contributed by atoms with Crippen molar-refractivity contribution < 1.29 is 9.53 Å². The number of para-hydroxylation sites is 1. The predicted molar refractivity (Wildman–Crippen MR) is 129 cm³/mol. The highest BCUT2D eigenvalue weighted by Crippen LogP contribution is 2.14. The van der Waals surface area contributed by atoms with Crippen LogP contribution in [-0.2, 0) is 6.54 Å². The molecule has 0 fully saturated rings. The van der Waals surface area contributed by atoms with Crippen LogP contribution in [0, 0.1) is 0 Å². The van der Waals surface area contributed by atoms with E-state index in [4.69, 9.17) is 4.74 Å². The second-order valence-corrected chi connectivity index (χ2v) is 7.73. The van der Waals surface area contributed by atoms with Crippen molar-refractivity contribution in [1.29, 1.82) is 0 Å². The van der Waals surface area contributed by atoms with Gasteiger partial charge in [-0.15, -0.1) is 0 Å². The maximum atomic E-state index is 13.3. The van der Waals surface area contributed by atoms with Gasteiger partial charge in [-0.1, -0.05) is 60.7 Å². The van der Waals surface area contributed by atoms with Crippen LogP contribution in [0.4, 0.5) is 0 Å². The quantitative estimate of drug-likeness (QED) is 0.461. The van der Waals surface area contributed by atoms with Crippen LogP contribution < -0.4 is 21.3 Å². The van der Waals surface area contributed by atoms with E-state index in [2.05, 4.69) is 10.4 Å². The minimum atomic E-state index is -0.766. The van der Waals surface area contributed by atoms with E-state index in [0.29, 0.717) is 17.0 Å². The van der Waals surface area contributed by atoms with E-state index >= 15 is 0 Å². The van der Waals surface area contributed by atoms with Crippen LogP contribution in [-0.4, -0.2) is 27.4 Å². The summed E-state index contributed by atoms with van der Waals surface area (Å²) in [6, 6.07) is 24.7. The molecule has 0 bridgehead atoms. The number of methoxy groups -OCH3 is 1. The second-order valence-electron chi connectivity index (χ2n) is 7.73. The van der Waals surface area contributed by atoms with Crippen LogP contribution >= 0.6 is 0 Å². The number of nitrogens with zero attached hydrogens (tertiary/aromatic N) is 3. The van der Waals surface area contributed by atoms with Crippen LogP contribution in [0.2, 0.25) is 0 Å². The number of nitrogens with one attached hydrogen (secondary N) is 1. The Balaban J connectivity index is 1.79. The van der Waals surface area contributed by atoms with Crippen molar-refractivity contribution >= 4 is 5.91 Å². The first-order chi connectivity index (χ1) is 16.5. The van der Waals surface area contributed by atoms with Gasteiger partial charge >= 0.3 is 5.69 Å². The molecule has 0 aliphatic carbocycles. The molecule has 0 saturated carbocycles. The number of ether oxygens (including phenoxy) is 1. The fourth-order valence-corrected chi connectivity index (χ4v) is 3.58. The number of carbonyl (C=O) groups excluding carboxylic acids is 1. The van der Waals surface area contributed by atoms with Gasteiger partial charge in [0, 0.05) is 0 Å². The van der Waals surface area contributed by atoms with Gasteiger partial charge in [-0.3, -0.25) is 14.2 Å². The molecule has 0 aliphatic heterocycles. The Morgan fingerprint density at radius 3 is 2.32 bits per heavy atom. The number of rotatable bonds is 7. The maximum absolute atomic E-state index is 13.3. The van der Waals surface area contributed by atoms with Crippen molar-refractivity contribution in [3.05, 3.63) is 123 Å². The molecule has 3 aromatic carbocycles. The van der Waals surface area contributed by atoms with Gasteiger partial charge in [0.2, 0.25) is 5.69 Å². The molecule has 0 spiro atoms. The maximum Gasteiger partial charge on any atom is 0.352 e. The standard InChI is InChI=1S/C26H24N4O4/c1-18(20-11-5-3-6-12-20)27-24(31)23-25(32)29(17-19-10-9-15-22(16-19)34-2)26(33)30(28-23)21-13-7-4-8-14-21/h3-16,18H,17H2,1-2H3,(H,27,31). The van der Waals surface area contributed by atoms with E-state index < -0.39 is 17.2 Å². The molecule has 172 valence electrons. The number of carbonyl (C=O) groups is 1. The lowest BCUT2D eigenvalue weighted by Crippen LogP contribution is -2.46. The number of amides is 1. The zero-order chi connectivity index (χ0) is 24.1. The third-order valence-electron chi connectivity index (χ3n) is 5.40. The van der Waals surface area contributed by atoms with Crippen LogP contribution in [0.1, 0.15) is 34.6 Å². The van der Waals surface area contributed by atoms with Crippen LogP contribution in [0.5, 0.6) is 5.75 Å². The molecule has 4 rings (SSSR count). The highest BCUT2D eigenvalue weighted by Gasteiger charge is 2.22. The summed E-state index contributed by atoms with van der Waals surface area (Å²) in [7, 11) is 1.54. The molecule has 0 saturated heterocycles. The summed E-state index contributed by atoms with van der Waals surface area (Å²) >= 11 is 0. The Bertz CT molecular complexity index is 1410. The Morgan fingerprint density at radius 2 is 1.65 bits per heavy atom. The van der Waals surface area contributed by atoms with E-state index in [0.717, 1.165) is 14.8 Å². The average Bonchev–Trinajstić information content (AvgIpc) is 2.87. The Labute approximate surface area is 196 Å². The van der Waals surface area contributed by atoms with E-state index in [1.165, 1.54) is 7.11 Å². The zero-order valence-electron chi connectivity index (χ0n) is 18.8. The molecule has 1 unspecified atom stereocenters. The minimum absolute atomic E-state index is 0.0429. The number of benzene rings is 3. The molecule has 34 heavy (non-hydrogen) atoms. The van der Waals surface area contributed by atoms with Crippen molar-refractivity contribution in [2.45, 2.75) is 19.5 Å². The third-order valence-corrected chi connectivity index (χ3v) is 5.40. The Morgan fingerprint density at radius 1 is 0.971 bits per heavy atom. The molecule has 4 aromatic rings. The number of hydrogen-bond acceptors (Lipinski definition) is 5. The summed E-state index contributed by atoms with van der Waals surface area (Å²) in [5.74, 6) is -0.0666. The van der Waals surface area contributed by atoms with Gasteiger partial charge in [0.1, 0.15) is 5.75 Å². The molecule has 8 heteroatoms. The second kappa shape index (κ2) is 9.99.